The van der Waals surface area contributed by atoms with E-state index in [0.717, 1.165) is 60.7 Å². The van der Waals surface area contributed by atoms with Gasteiger partial charge in [-0.25, -0.2) is 14.2 Å². The molecule has 1 aromatic carbocycles. The highest BCUT2D eigenvalue weighted by Crippen LogP contribution is 2.32. The first kappa shape index (κ1) is 25.1. The molecular formula is C28H36FN7O. The zero-order valence-corrected chi connectivity index (χ0v) is 22.1. The smallest absolute Gasteiger partial charge is 0.318 e. The number of halogens is 1. The van der Waals surface area contributed by atoms with Crippen LogP contribution in [0.4, 0.5) is 26.2 Å². The molecule has 1 fully saturated rings. The van der Waals surface area contributed by atoms with Crippen molar-refractivity contribution in [3.8, 4) is 0 Å². The van der Waals surface area contributed by atoms with Crippen LogP contribution >= 0.6 is 0 Å². The summed E-state index contributed by atoms with van der Waals surface area (Å²) in [6.07, 6.45) is 4.63. The molecule has 2 aliphatic heterocycles. The molecule has 3 aromatic rings. The highest BCUT2D eigenvalue weighted by molar-refractivity contribution is 5.94. The van der Waals surface area contributed by atoms with Crippen molar-refractivity contribution in [3.05, 3.63) is 54.1 Å². The fraction of sp³-hybridized carbons (Fsp3) is 0.429. The van der Waals surface area contributed by atoms with Gasteiger partial charge in [0, 0.05) is 67.8 Å². The molecule has 2 aliphatic rings. The van der Waals surface area contributed by atoms with Crippen LogP contribution < -0.4 is 15.5 Å². The van der Waals surface area contributed by atoms with E-state index < -0.39 is 0 Å². The molecule has 2 aromatic heterocycles. The minimum Gasteiger partial charge on any atom is -0.367 e. The molecule has 2 amide bonds. The highest BCUT2D eigenvalue weighted by atomic mass is 19.1. The molecule has 8 nitrogen and oxygen atoms in total. The monoisotopic (exact) mass is 505 g/mol. The third-order valence-electron chi connectivity index (χ3n) is 6.93. The van der Waals surface area contributed by atoms with Crippen LogP contribution in [0.25, 0.3) is 16.6 Å². The number of amides is 2. The number of carbonyl (C=O) groups excluding carboxylic acids is 1. The average Bonchev–Trinajstić information content (AvgIpc) is 3.30. The van der Waals surface area contributed by atoms with Gasteiger partial charge in [0.15, 0.2) is 0 Å². The first-order chi connectivity index (χ1) is 17.7. The maximum Gasteiger partial charge on any atom is 0.318 e. The third-order valence-corrected chi connectivity index (χ3v) is 6.93. The fourth-order valence-electron chi connectivity index (χ4n) is 4.84. The zero-order chi connectivity index (χ0) is 26.2. The van der Waals surface area contributed by atoms with Crippen molar-refractivity contribution >= 4 is 39.7 Å². The molecule has 196 valence electrons. The van der Waals surface area contributed by atoms with Crippen molar-refractivity contribution in [2.24, 2.45) is 0 Å². The van der Waals surface area contributed by atoms with Crippen LogP contribution in [-0.4, -0.2) is 77.7 Å². The molecule has 3 N–H and O–H groups in total. The normalized spacial score (nSPS) is 17.2. The molecule has 1 saturated heterocycles. The van der Waals surface area contributed by atoms with E-state index in [2.05, 4.69) is 49.6 Å². The Bertz CT molecular complexity index is 1320. The van der Waals surface area contributed by atoms with Crippen molar-refractivity contribution < 1.29 is 9.18 Å². The lowest BCUT2D eigenvalue weighted by molar-refractivity contribution is 0.193. The van der Waals surface area contributed by atoms with Crippen LogP contribution in [0, 0.1) is 5.82 Å². The highest BCUT2D eigenvalue weighted by Gasteiger charge is 2.23. The van der Waals surface area contributed by atoms with Crippen molar-refractivity contribution in [2.75, 3.05) is 56.5 Å². The number of likely N-dealkylation sites (N-methyl/N-ethyl adjacent to an activating group) is 1. The predicted molar refractivity (Wildman–Crippen MR) is 148 cm³/mol. The lowest BCUT2D eigenvalue weighted by Crippen LogP contribution is -2.49. The van der Waals surface area contributed by atoms with E-state index in [1.165, 1.54) is 11.6 Å². The zero-order valence-electron chi connectivity index (χ0n) is 22.1. The van der Waals surface area contributed by atoms with Crippen LogP contribution in [0.3, 0.4) is 0 Å². The van der Waals surface area contributed by atoms with Crippen LogP contribution in [0.2, 0.25) is 0 Å². The summed E-state index contributed by atoms with van der Waals surface area (Å²) in [5.74, 6) is -0.201. The van der Waals surface area contributed by atoms with Crippen molar-refractivity contribution in [2.45, 2.75) is 32.7 Å². The van der Waals surface area contributed by atoms with Crippen molar-refractivity contribution in [3.63, 3.8) is 0 Å². The summed E-state index contributed by atoms with van der Waals surface area (Å²) in [5, 5.41) is 7.48. The third kappa shape index (κ3) is 5.72. The Kier molecular flexibility index (Phi) is 6.81. The molecule has 9 heteroatoms. The molecule has 4 heterocycles. The maximum absolute atomic E-state index is 14.7. The quantitative estimate of drug-likeness (QED) is 0.475. The van der Waals surface area contributed by atoms with Gasteiger partial charge in [0.1, 0.15) is 11.5 Å². The molecule has 37 heavy (non-hydrogen) atoms. The van der Waals surface area contributed by atoms with Crippen LogP contribution in [0.5, 0.6) is 0 Å². The van der Waals surface area contributed by atoms with Crippen LogP contribution in [0.1, 0.15) is 32.9 Å². The second-order valence-corrected chi connectivity index (χ2v) is 11.0. The first-order valence-electron chi connectivity index (χ1n) is 12.9. The van der Waals surface area contributed by atoms with Gasteiger partial charge in [-0.15, -0.1) is 0 Å². The van der Waals surface area contributed by atoms with E-state index in [4.69, 9.17) is 0 Å². The summed E-state index contributed by atoms with van der Waals surface area (Å²) in [5.41, 5.74) is 5.07. The number of hydrogen-bond acceptors (Lipinski definition) is 5. The first-order valence-corrected chi connectivity index (χ1v) is 12.9. The van der Waals surface area contributed by atoms with Gasteiger partial charge < -0.3 is 30.3 Å². The average molecular weight is 506 g/mol. The number of carbonyl (C=O) groups is 1. The van der Waals surface area contributed by atoms with Crippen LogP contribution in [-0.2, 0) is 0 Å². The number of H-pyrrole nitrogens is 1. The van der Waals surface area contributed by atoms with Crippen molar-refractivity contribution in [1.82, 2.24) is 25.1 Å². The number of pyridine rings is 1. The summed E-state index contributed by atoms with van der Waals surface area (Å²) < 4.78 is 14.7. The molecule has 0 bridgehead atoms. The Morgan fingerprint density at radius 3 is 2.57 bits per heavy atom. The van der Waals surface area contributed by atoms with Crippen molar-refractivity contribution in [1.29, 1.82) is 0 Å². The Labute approximate surface area is 217 Å². The van der Waals surface area contributed by atoms with E-state index in [-0.39, 0.29) is 17.4 Å². The SMILES string of the molecule is CN1CCN(c2cc(Nc3ccnc4[nH]c(C5=CCN(C(=O)NC(C)(C)C)CC5)cc34)ccc2F)CC1. The summed E-state index contributed by atoms with van der Waals surface area (Å²) in [6.45, 7) is 10.6. The fourth-order valence-corrected chi connectivity index (χ4v) is 4.84. The number of fused-ring (bicyclic) bond motifs is 1. The Morgan fingerprint density at radius 2 is 1.86 bits per heavy atom. The molecule has 5 rings (SSSR count). The molecule has 0 radical (unpaired) electrons. The second-order valence-electron chi connectivity index (χ2n) is 11.0. The number of piperazine rings is 1. The summed E-state index contributed by atoms with van der Waals surface area (Å²) in [4.78, 5) is 26.7. The number of hydrogen-bond donors (Lipinski definition) is 3. The standard InChI is InChI=1S/C28H36FN7O/c1-28(2,3)33-27(37)36-11-8-19(9-12-36)24-18-21-23(7-10-30-26(21)32-24)31-20-5-6-22(29)25(17-20)35-15-13-34(4)14-16-35/h5-8,10,17-18H,9,11-16H2,1-4H3,(H,33,37)(H2,30,31,32). The summed E-state index contributed by atoms with van der Waals surface area (Å²) in [6, 6.07) is 9.20. The van der Waals surface area contributed by atoms with Gasteiger partial charge in [0.25, 0.3) is 0 Å². The van der Waals surface area contributed by atoms with Gasteiger partial charge in [-0.05, 0) is 70.1 Å². The summed E-state index contributed by atoms with van der Waals surface area (Å²) in [7, 11) is 2.09. The van der Waals surface area contributed by atoms with Gasteiger partial charge in [-0.3, -0.25) is 0 Å². The largest absolute Gasteiger partial charge is 0.367 e. The number of rotatable bonds is 4. The molecule has 0 aliphatic carbocycles. The topological polar surface area (TPSA) is 79.5 Å². The van der Waals surface area contributed by atoms with Gasteiger partial charge in [-0.1, -0.05) is 6.08 Å². The lowest BCUT2D eigenvalue weighted by atomic mass is 10.0. The Morgan fingerprint density at radius 1 is 1.08 bits per heavy atom. The lowest BCUT2D eigenvalue weighted by Gasteiger charge is -2.34. The van der Waals surface area contributed by atoms with Gasteiger partial charge >= 0.3 is 6.03 Å². The molecule has 0 unspecified atom stereocenters. The number of aromatic amines is 1. The van der Waals surface area contributed by atoms with E-state index in [0.29, 0.717) is 18.8 Å². The molecular weight excluding hydrogens is 469 g/mol. The number of anilines is 3. The number of nitrogens with zero attached hydrogens (tertiary/aromatic N) is 4. The predicted octanol–water partition coefficient (Wildman–Crippen LogP) is 4.79. The van der Waals surface area contributed by atoms with E-state index in [1.54, 1.807) is 12.3 Å². The number of benzene rings is 1. The minimum atomic E-state index is -0.261. The Balaban J connectivity index is 1.34. The second kappa shape index (κ2) is 10.0. The maximum atomic E-state index is 14.7. The Hall–Kier alpha value is -3.59. The van der Waals surface area contributed by atoms with E-state index >= 15 is 0 Å². The number of urea groups is 1. The number of nitrogens with one attached hydrogen (secondary N) is 3. The van der Waals surface area contributed by atoms with Gasteiger partial charge in [-0.2, -0.15) is 0 Å². The molecule has 0 saturated carbocycles. The van der Waals surface area contributed by atoms with Crippen LogP contribution in [0.15, 0.2) is 42.6 Å². The van der Waals surface area contributed by atoms with E-state index in [9.17, 15) is 9.18 Å². The van der Waals surface area contributed by atoms with Gasteiger partial charge in [0.05, 0.1) is 11.4 Å². The van der Waals surface area contributed by atoms with Gasteiger partial charge in [0.2, 0.25) is 0 Å². The van der Waals surface area contributed by atoms with E-state index in [1.807, 2.05) is 37.8 Å². The molecule has 0 atom stereocenters. The number of aromatic nitrogens is 2. The molecule has 0 spiro atoms. The minimum absolute atomic E-state index is 0.0390. The summed E-state index contributed by atoms with van der Waals surface area (Å²) >= 11 is 0.